The van der Waals surface area contributed by atoms with Crippen molar-refractivity contribution in [3.63, 3.8) is 0 Å². The van der Waals surface area contributed by atoms with Crippen LogP contribution in [0.15, 0.2) is 24.3 Å². The van der Waals surface area contributed by atoms with Crippen molar-refractivity contribution in [3.8, 4) is 0 Å². The molecule has 0 fully saturated rings. The second kappa shape index (κ2) is 3.53. The molecule has 13 heavy (non-hydrogen) atoms. The molecule has 1 atom stereocenters. The van der Waals surface area contributed by atoms with Gasteiger partial charge in [-0.1, -0.05) is 0 Å². The van der Waals surface area contributed by atoms with Crippen molar-refractivity contribution in [1.29, 1.82) is 0 Å². The van der Waals surface area contributed by atoms with E-state index in [1.54, 1.807) is 5.56 Å². The van der Waals surface area contributed by atoms with Gasteiger partial charge in [0.15, 0.2) is 0 Å². The molecule has 0 N–H and O–H groups in total. The first-order chi connectivity index (χ1) is 6.20. The van der Waals surface area contributed by atoms with Crippen molar-refractivity contribution in [2.24, 2.45) is 0 Å². The van der Waals surface area contributed by atoms with Gasteiger partial charge in [-0.3, -0.25) is 0 Å². The number of benzene rings is 1. The van der Waals surface area contributed by atoms with Gasteiger partial charge in [-0.05, 0) is 0 Å². The summed E-state index contributed by atoms with van der Waals surface area (Å²) in [7, 11) is 0. The van der Waals surface area contributed by atoms with Crippen LogP contribution in [0.25, 0.3) is 6.08 Å². The predicted octanol–water partition coefficient (Wildman–Crippen LogP) is 3.78. The van der Waals surface area contributed by atoms with E-state index < -0.39 is 21.4 Å². The average Bonchev–Trinajstić information content (AvgIpc) is 2.48. The van der Waals surface area contributed by atoms with Crippen LogP contribution in [0.4, 0.5) is 0 Å². The van der Waals surface area contributed by atoms with Gasteiger partial charge in [-0.15, -0.1) is 0 Å². The van der Waals surface area contributed by atoms with Crippen molar-refractivity contribution in [2.75, 3.05) is 0 Å². The van der Waals surface area contributed by atoms with E-state index >= 15 is 0 Å². The Labute approximate surface area is 88.2 Å². The Hall–Kier alpha value is -0.170. The molecule has 0 heterocycles. The van der Waals surface area contributed by atoms with Gasteiger partial charge in [0.1, 0.15) is 0 Å². The summed E-state index contributed by atoms with van der Waals surface area (Å²) in [5.41, 5.74) is 4.54. The van der Waals surface area contributed by atoms with E-state index in [1.807, 2.05) is 0 Å². The first kappa shape index (κ1) is 9.39. The van der Waals surface area contributed by atoms with Crippen molar-refractivity contribution in [2.45, 2.75) is 20.0 Å². The number of hydrogen-bond acceptors (Lipinski definition) is 0. The van der Waals surface area contributed by atoms with Crippen molar-refractivity contribution in [3.05, 3.63) is 41.0 Å². The zero-order valence-corrected chi connectivity index (χ0v) is 12.1. The molecule has 0 saturated carbocycles. The molecule has 1 aliphatic rings. The van der Waals surface area contributed by atoms with Crippen LogP contribution >= 0.6 is 0 Å². The Balaban J connectivity index is 2.49. The average molecular weight is 338 g/mol. The Morgan fingerprint density at radius 3 is 2.69 bits per heavy atom. The molecule has 0 amide bonds. The minimum absolute atomic E-state index is 0.847. The SMILES string of the molecule is Cc1cccc2c1C=C[CH]2[Hf]([CH3])[CH3]. The van der Waals surface area contributed by atoms with Crippen molar-refractivity contribution in [1.82, 2.24) is 0 Å². The molecule has 1 aliphatic carbocycles. The number of rotatable bonds is 1. The van der Waals surface area contributed by atoms with E-state index in [2.05, 4.69) is 46.6 Å². The second-order valence-electron chi connectivity index (χ2n) is 3.99. The van der Waals surface area contributed by atoms with Crippen molar-refractivity contribution < 1.29 is 21.4 Å². The van der Waals surface area contributed by atoms with Crippen molar-refractivity contribution >= 4 is 6.08 Å². The van der Waals surface area contributed by atoms with Gasteiger partial charge in [-0.2, -0.15) is 0 Å². The second-order valence-corrected chi connectivity index (χ2v) is 14.0. The summed E-state index contributed by atoms with van der Waals surface area (Å²) in [5.74, 6) is 0. The maximum absolute atomic E-state index is 2.50. The molecule has 1 heteroatoms. The Morgan fingerprint density at radius 1 is 1.23 bits per heavy atom. The fourth-order valence-corrected chi connectivity index (χ4v) is 6.87. The molecule has 1 aromatic rings. The van der Waals surface area contributed by atoms with Gasteiger partial charge in [0.05, 0.1) is 0 Å². The Kier molecular flexibility index (Phi) is 2.55. The topological polar surface area (TPSA) is 0 Å². The molecule has 1 unspecified atom stereocenters. The van der Waals surface area contributed by atoms with E-state index in [0.29, 0.717) is 0 Å². The standard InChI is InChI=1S/C10H9.2CH3.Hf/c1-8-4-2-5-9-6-3-7-10(8)9;;;/h2-7H,1H3;2*1H3;. The van der Waals surface area contributed by atoms with E-state index in [0.717, 1.165) is 3.67 Å². The normalized spacial score (nSPS) is 18.8. The van der Waals surface area contributed by atoms with Crippen LogP contribution < -0.4 is 0 Å². The molecule has 2 rings (SSSR count). The van der Waals surface area contributed by atoms with Gasteiger partial charge in [0, 0.05) is 0 Å². The maximum atomic E-state index is 2.50. The van der Waals surface area contributed by atoms with Crippen LogP contribution in [-0.2, 0) is 21.4 Å². The summed E-state index contributed by atoms with van der Waals surface area (Å²) in [6, 6.07) is 6.72. The van der Waals surface area contributed by atoms with E-state index in [-0.39, 0.29) is 0 Å². The van der Waals surface area contributed by atoms with Gasteiger partial charge < -0.3 is 0 Å². The Bertz CT molecular complexity index is 350. The Morgan fingerprint density at radius 2 is 2.00 bits per heavy atom. The third kappa shape index (κ3) is 1.59. The third-order valence-electron chi connectivity index (χ3n) is 2.77. The van der Waals surface area contributed by atoms with Gasteiger partial charge in [-0.25, -0.2) is 0 Å². The molecule has 0 nitrogen and oxygen atoms in total. The fraction of sp³-hybridized carbons (Fsp3) is 0.333. The number of allylic oxidation sites excluding steroid dienone is 1. The summed E-state index contributed by atoms with van der Waals surface area (Å²) in [4.78, 5) is 0. The first-order valence-corrected chi connectivity index (χ1v) is 14.0. The fourth-order valence-electron chi connectivity index (χ4n) is 2.00. The molecule has 67 valence electrons. The molecular formula is C12H15Hf. The molecule has 0 saturated heterocycles. The van der Waals surface area contributed by atoms with Gasteiger partial charge in [0.2, 0.25) is 0 Å². The molecule has 0 spiro atoms. The quantitative estimate of drug-likeness (QED) is 0.684. The predicted molar refractivity (Wildman–Crippen MR) is 54.7 cm³/mol. The molecule has 0 aliphatic heterocycles. The molecule has 1 aromatic carbocycles. The number of fused-ring (bicyclic) bond motifs is 1. The summed E-state index contributed by atoms with van der Waals surface area (Å²) >= 11 is -1.25. The molecular weight excluding hydrogens is 323 g/mol. The molecule has 0 bridgehead atoms. The third-order valence-corrected chi connectivity index (χ3v) is 9.05. The summed E-state index contributed by atoms with van der Waals surface area (Å²) in [6.07, 6.45) is 4.76. The zero-order chi connectivity index (χ0) is 9.42. The van der Waals surface area contributed by atoms with Crippen LogP contribution in [0.5, 0.6) is 0 Å². The number of hydrogen-bond donors (Lipinski definition) is 0. The van der Waals surface area contributed by atoms with Crippen LogP contribution in [0.1, 0.15) is 20.4 Å². The summed E-state index contributed by atoms with van der Waals surface area (Å²) in [6.45, 7) is 2.21. The van der Waals surface area contributed by atoms with Crippen LogP contribution in [0.2, 0.25) is 9.36 Å². The number of aryl methyl sites for hydroxylation is 1. The van der Waals surface area contributed by atoms with E-state index in [4.69, 9.17) is 0 Å². The summed E-state index contributed by atoms with van der Waals surface area (Å²) < 4.78 is 5.84. The minimum atomic E-state index is -1.25. The van der Waals surface area contributed by atoms with Crippen LogP contribution in [-0.4, -0.2) is 0 Å². The van der Waals surface area contributed by atoms with Gasteiger partial charge >= 0.3 is 88.4 Å². The van der Waals surface area contributed by atoms with Gasteiger partial charge in [0.25, 0.3) is 0 Å². The molecule has 0 radical (unpaired) electrons. The van der Waals surface area contributed by atoms with Crippen LogP contribution in [0.3, 0.4) is 0 Å². The molecule has 0 aromatic heterocycles. The monoisotopic (exact) mass is 339 g/mol. The zero-order valence-electron chi connectivity index (χ0n) is 8.46. The van der Waals surface area contributed by atoms with Crippen LogP contribution in [0, 0.1) is 6.92 Å². The van der Waals surface area contributed by atoms with E-state index in [1.165, 1.54) is 11.1 Å². The summed E-state index contributed by atoms with van der Waals surface area (Å²) in [5, 5.41) is 0. The first-order valence-electron chi connectivity index (χ1n) is 4.78. The van der Waals surface area contributed by atoms with E-state index in [9.17, 15) is 0 Å².